The molecular formula is C18H25N3O2S. The zero-order valence-electron chi connectivity index (χ0n) is 14.4. The van der Waals surface area contributed by atoms with Gasteiger partial charge in [0.15, 0.2) is 0 Å². The Balaban J connectivity index is 1.72. The van der Waals surface area contributed by atoms with Gasteiger partial charge in [0.1, 0.15) is 5.75 Å². The van der Waals surface area contributed by atoms with Crippen LogP contribution in [0.1, 0.15) is 16.5 Å². The van der Waals surface area contributed by atoms with Crippen LogP contribution in [0, 0.1) is 0 Å². The van der Waals surface area contributed by atoms with Crippen molar-refractivity contribution in [3.05, 3.63) is 52.2 Å². The molecule has 0 radical (unpaired) electrons. The van der Waals surface area contributed by atoms with E-state index in [9.17, 15) is 4.79 Å². The summed E-state index contributed by atoms with van der Waals surface area (Å²) < 4.78 is 5.13. The molecule has 0 saturated heterocycles. The first-order valence-corrected chi connectivity index (χ1v) is 8.82. The molecule has 0 spiro atoms. The van der Waals surface area contributed by atoms with Crippen LogP contribution in [-0.2, 0) is 6.42 Å². The summed E-state index contributed by atoms with van der Waals surface area (Å²) >= 11 is 1.71. The van der Waals surface area contributed by atoms with E-state index in [1.807, 2.05) is 44.4 Å². The van der Waals surface area contributed by atoms with E-state index < -0.39 is 0 Å². The van der Waals surface area contributed by atoms with Crippen molar-refractivity contribution in [2.75, 3.05) is 34.3 Å². The lowest BCUT2D eigenvalue weighted by atomic mass is 10.1. The van der Waals surface area contributed by atoms with Gasteiger partial charge in [-0.1, -0.05) is 18.2 Å². The van der Waals surface area contributed by atoms with Crippen molar-refractivity contribution < 1.29 is 9.53 Å². The van der Waals surface area contributed by atoms with Crippen LogP contribution in [0.15, 0.2) is 41.8 Å². The van der Waals surface area contributed by atoms with Crippen LogP contribution in [-0.4, -0.2) is 45.2 Å². The van der Waals surface area contributed by atoms with Gasteiger partial charge in [-0.15, -0.1) is 11.3 Å². The van der Waals surface area contributed by atoms with Gasteiger partial charge >= 0.3 is 6.03 Å². The van der Waals surface area contributed by atoms with Crippen LogP contribution in [0.5, 0.6) is 5.75 Å². The van der Waals surface area contributed by atoms with E-state index >= 15 is 0 Å². The van der Waals surface area contributed by atoms with Gasteiger partial charge in [-0.3, -0.25) is 0 Å². The molecule has 2 rings (SSSR count). The van der Waals surface area contributed by atoms with Crippen LogP contribution in [0.25, 0.3) is 0 Å². The van der Waals surface area contributed by atoms with Gasteiger partial charge in [0.05, 0.1) is 13.2 Å². The average Bonchev–Trinajstić information content (AvgIpc) is 3.09. The molecule has 0 fully saturated rings. The number of thiophene rings is 1. The van der Waals surface area contributed by atoms with Gasteiger partial charge in [0, 0.05) is 18.0 Å². The molecule has 1 atom stereocenters. The molecule has 0 aliphatic rings. The summed E-state index contributed by atoms with van der Waals surface area (Å²) in [6.45, 7) is 1.19. The van der Waals surface area contributed by atoms with Gasteiger partial charge in [-0.05, 0) is 49.7 Å². The number of carbonyl (C=O) groups excluding carboxylic acids is 1. The summed E-state index contributed by atoms with van der Waals surface area (Å²) in [5, 5.41) is 7.91. The van der Waals surface area contributed by atoms with Gasteiger partial charge in [-0.25, -0.2) is 4.79 Å². The van der Waals surface area contributed by atoms with Crippen LogP contribution in [0.3, 0.4) is 0 Å². The largest absolute Gasteiger partial charge is 0.497 e. The highest BCUT2D eigenvalue weighted by Crippen LogP contribution is 2.22. The van der Waals surface area contributed by atoms with Gasteiger partial charge in [0.2, 0.25) is 0 Å². The second kappa shape index (κ2) is 9.30. The molecule has 1 heterocycles. The highest BCUT2D eigenvalue weighted by atomic mass is 32.1. The second-order valence-corrected chi connectivity index (χ2v) is 6.71. The zero-order valence-corrected chi connectivity index (χ0v) is 15.2. The van der Waals surface area contributed by atoms with Crippen molar-refractivity contribution in [3.63, 3.8) is 0 Å². The number of likely N-dealkylation sites (N-methyl/N-ethyl adjacent to an activating group) is 1. The van der Waals surface area contributed by atoms with Crippen LogP contribution >= 0.6 is 11.3 Å². The Kier molecular flexibility index (Phi) is 7.08. The van der Waals surface area contributed by atoms with Crippen LogP contribution in [0.2, 0.25) is 0 Å². The minimum Gasteiger partial charge on any atom is -0.497 e. The molecule has 5 nitrogen and oxygen atoms in total. The Labute approximate surface area is 147 Å². The van der Waals surface area contributed by atoms with E-state index in [2.05, 4.69) is 27.0 Å². The fourth-order valence-electron chi connectivity index (χ4n) is 2.38. The van der Waals surface area contributed by atoms with Gasteiger partial charge in [-0.2, -0.15) is 0 Å². The van der Waals surface area contributed by atoms with Crippen molar-refractivity contribution >= 4 is 17.4 Å². The van der Waals surface area contributed by atoms with Gasteiger partial charge in [0.25, 0.3) is 0 Å². The number of nitrogens with one attached hydrogen (secondary N) is 2. The number of methoxy groups -OCH3 is 1. The lowest BCUT2D eigenvalue weighted by molar-refractivity contribution is 0.233. The summed E-state index contributed by atoms with van der Waals surface area (Å²) in [5.74, 6) is 0.841. The molecule has 0 saturated carbocycles. The predicted molar refractivity (Wildman–Crippen MR) is 98.8 cm³/mol. The quantitative estimate of drug-likeness (QED) is 0.772. The molecule has 1 aromatic carbocycles. The molecule has 0 aliphatic carbocycles. The number of carbonyl (C=O) groups is 1. The van der Waals surface area contributed by atoms with E-state index in [1.54, 1.807) is 18.4 Å². The van der Waals surface area contributed by atoms with E-state index in [0.717, 1.165) is 12.2 Å². The minimum absolute atomic E-state index is 0.132. The summed E-state index contributed by atoms with van der Waals surface area (Å²) in [6.07, 6.45) is 0.791. The Morgan fingerprint density at radius 2 is 1.96 bits per heavy atom. The third-order valence-electron chi connectivity index (χ3n) is 3.81. The zero-order chi connectivity index (χ0) is 17.4. The fourth-order valence-corrected chi connectivity index (χ4v) is 3.31. The Hall–Kier alpha value is -2.05. The van der Waals surface area contributed by atoms with Crippen molar-refractivity contribution in [2.24, 2.45) is 0 Å². The average molecular weight is 347 g/mol. The first-order chi connectivity index (χ1) is 11.6. The number of rotatable bonds is 8. The van der Waals surface area contributed by atoms with E-state index in [1.165, 1.54) is 10.4 Å². The standard InChI is InChI=1S/C18H25N3O2S/c1-21(2)16(17-5-4-12-24-17)13-20-18(22)19-11-10-14-6-8-15(23-3)9-7-14/h4-9,12,16H,10-11,13H2,1-3H3,(H2,19,20,22). The number of hydrogen-bond donors (Lipinski definition) is 2. The molecule has 2 aromatic rings. The van der Waals surface area contributed by atoms with Crippen molar-refractivity contribution in [2.45, 2.75) is 12.5 Å². The molecule has 2 N–H and O–H groups in total. The molecule has 0 aliphatic heterocycles. The van der Waals surface area contributed by atoms with Gasteiger partial charge < -0.3 is 20.3 Å². The van der Waals surface area contributed by atoms with Crippen molar-refractivity contribution in [3.8, 4) is 5.75 Å². The van der Waals surface area contributed by atoms with Crippen LogP contribution < -0.4 is 15.4 Å². The summed E-state index contributed by atoms with van der Waals surface area (Å²) in [6, 6.07) is 12.1. The lowest BCUT2D eigenvalue weighted by Crippen LogP contribution is -2.41. The number of ether oxygens (including phenoxy) is 1. The summed E-state index contributed by atoms with van der Waals surface area (Å²) in [7, 11) is 5.69. The second-order valence-electron chi connectivity index (χ2n) is 5.73. The number of benzene rings is 1. The van der Waals surface area contributed by atoms with Crippen molar-refractivity contribution in [1.82, 2.24) is 15.5 Å². The number of urea groups is 1. The monoisotopic (exact) mass is 347 g/mol. The number of hydrogen-bond acceptors (Lipinski definition) is 4. The molecule has 1 unspecified atom stereocenters. The van der Waals surface area contributed by atoms with Crippen LogP contribution in [0.4, 0.5) is 4.79 Å². The minimum atomic E-state index is -0.132. The number of amides is 2. The van der Waals surface area contributed by atoms with E-state index in [0.29, 0.717) is 13.1 Å². The third-order valence-corrected chi connectivity index (χ3v) is 4.78. The fraction of sp³-hybridized carbons (Fsp3) is 0.389. The van der Waals surface area contributed by atoms with Crippen molar-refractivity contribution in [1.29, 1.82) is 0 Å². The van der Waals surface area contributed by atoms with E-state index in [-0.39, 0.29) is 12.1 Å². The third kappa shape index (κ3) is 5.54. The summed E-state index contributed by atoms with van der Waals surface area (Å²) in [5.41, 5.74) is 1.17. The molecule has 2 amide bonds. The smallest absolute Gasteiger partial charge is 0.314 e. The molecular weight excluding hydrogens is 322 g/mol. The number of nitrogens with zero attached hydrogens (tertiary/aromatic N) is 1. The first kappa shape index (κ1) is 18.3. The lowest BCUT2D eigenvalue weighted by Gasteiger charge is -2.23. The molecule has 24 heavy (non-hydrogen) atoms. The maximum Gasteiger partial charge on any atom is 0.314 e. The molecule has 1 aromatic heterocycles. The molecule has 6 heteroatoms. The highest BCUT2D eigenvalue weighted by Gasteiger charge is 2.15. The maximum atomic E-state index is 12.0. The SMILES string of the molecule is COc1ccc(CCNC(=O)NCC(c2cccs2)N(C)C)cc1. The Bertz CT molecular complexity index is 612. The summed E-state index contributed by atoms with van der Waals surface area (Å²) in [4.78, 5) is 15.3. The molecule has 130 valence electrons. The Morgan fingerprint density at radius 1 is 1.21 bits per heavy atom. The topological polar surface area (TPSA) is 53.6 Å². The maximum absolute atomic E-state index is 12.0. The molecule has 0 bridgehead atoms. The predicted octanol–water partition coefficient (Wildman–Crippen LogP) is 2.90. The highest BCUT2D eigenvalue weighted by molar-refractivity contribution is 7.10. The normalized spacial score (nSPS) is 12.0. The first-order valence-electron chi connectivity index (χ1n) is 7.94. The van der Waals surface area contributed by atoms with E-state index in [4.69, 9.17) is 4.74 Å². The Morgan fingerprint density at radius 3 is 2.54 bits per heavy atom.